The Kier molecular flexibility index (Phi) is 4.29. The highest BCUT2D eigenvalue weighted by Gasteiger charge is 2.25. The van der Waals surface area contributed by atoms with E-state index < -0.39 is 0 Å². The summed E-state index contributed by atoms with van der Waals surface area (Å²) in [4.78, 5) is 29.8. The lowest BCUT2D eigenvalue weighted by Gasteiger charge is -2.29. The number of rotatable bonds is 3. The van der Waals surface area contributed by atoms with Gasteiger partial charge in [-0.05, 0) is 36.6 Å². The second kappa shape index (κ2) is 6.37. The lowest BCUT2D eigenvalue weighted by atomic mass is 10.0. The van der Waals surface area contributed by atoms with Crippen LogP contribution in [-0.2, 0) is 11.2 Å². The number of carbonyl (C=O) groups excluding carboxylic acids is 2. The highest BCUT2D eigenvalue weighted by atomic mass is 32.1. The predicted molar refractivity (Wildman–Crippen MR) is 89.4 cm³/mol. The molecule has 0 saturated heterocycles. The third kappa shape index (κ3) is 3.19. The van der Waals surface area contributed by atoms with Crippen LogP contribution < -0.4 is 15.0 Å². The Hall–Kier alpha value is -2.41. The molecule has 0 spiro atoms. The van der Waals surface area contributed by atoms with Gasteiger partial charge in [0.2, 0.25) is 5.91 Å². The van der Waals surface area contributed by atoms with E-state index >= 15 is 0 Å². The Bertz CT molecular complexity index is 757. The molecule has 0 unspecified atom stereocenters. The first kappa shape index (κ1) is 15.5. The van der Waals surface area contributed by atoms with Gasteiger partial charge in [0.1, 0.15) is 11.4 Å². The maximum atomic E-state index is 12.7. The number of methoxy groups -OCH3 is 1. The van der Waals surface area contributed by atoms with Crippen LogP contribution in [0.25, 0.3) is 0 Å². The van der Waals surface area contributed by atoms with Crippen LogP contribution in [0.5, 0.6) is 5.75 Å². The van der Waals surface area contributed by atoms with E-state index in [1.54, 1.807) is 17.4 Å². The maximum absolute atomic E-state index is 12.7. The number of thiazole rings is 1. The number of carbonyl (C=O) groups is 2. The number of anilines is 2. The standard InChI is InChI=1S/C16H17N3O3S/c1-10(20)17-16-18-13(9-23-16)15(21)19-7-3-4-11-8-12(22-2)5-6-14(11)19/h5-6,8-9H,3-4,7H2,1-2H3,(H,17,18,20). The number of nitrogens with zero attached hydrogens (tertiary/aromatic N) is 2. The van der Waals surface area contributed by atoms with Gasteiger partial charge in [0, 0.05) is 24.5 Å². The average Bonchev–Trinajstić information content (AvgIpc) is 3.00. The summed E-state index contributed by atoms with van der Waals surface area (Å²) in [7, 11) is 1.63. The summed E-state index contributed by atoms with van der Waals surface area (Å²) in [5.41, 5.74) is 2.35. The molecule has 2 aromatic rings. The topological polar surface area (TPSA) is 71.5 Å². The molecule has 7 heteroatoms. The number of hydrogen-bond acceptors (Lipinski definition) is 5. The minimum atomic E-state index is -0.200. The molecule has 3 rings (SSSR count). The quantitative estimate of drug-likeness (QED) is 0.939. The Labute approximate surface area is 138 Å². The maximum Gasteiger partial charge on any atom is 0.277 e. The van der Waals surface area contributed by atoms with Crippen LogP contribution in [0.15, 0.2) is 23.6 Å². The van der Waals surface area contributed by atoms with Crippen molar-refractivity contribution in [2.45, 2.75) is 19.8 Å². The Morgan fingerprint density at radius 2 is 2.22 bits per heavy atom. The second-order valence-corrected chi connectivity index (χ2v) is 6.13. The van der Waals surface area contributed by atoms with Crippen LogP contribution in [0.1, 0.15) is 29.4 Å². The molecule has 0 fully saturated rings. The van der Waals surface area contributed by atoms with Crippen molar-refractivity contribution in [3.8, 4) is 5.75 Å². The molecule has 1 N–H and O–H groups in total. The van der Waals surface area contributed by atoms with Gasteiger partial charge < -0.3 is 15.0 Å². The van der Waals surface area contributed by atoms with Gasteiger partial charge in [0.05, 0.1) is 7.11 Å². The molecule has 1 aliphatic rings. The van der Waals surface area contributed by atoms with Gasteiger partial charge in [0.15, 0.2) is 5.13 Å². The lowest BCUT2D eigenvalue weighted by Crippen LogP contribution is -2.35. The van der Waals surface area contributed by atoms with Gasteiger partial charge in [0.25, 0.3) is 5.91 Å². The van der Waals surface area contributed by atoms with Gasteiger partial charge in [-0.15, -0.1) is 11.3 Å². The van der Waals surface area contributed by atoms with Gasteiger partial charge in [-0.1, -0.05) is 0 Å². The molecule has 23 heavy (non-hydrogen) atoms. The Balaban J connectivity index is 1.86. The minimum Gasteiger partial charge on any atom is -0.497 e. The molecule has 1 aliphatic heterocycles. The van der Waals surface area contributed by atoms with Crippen molar-refractivity contribution in [1.82, 2.24) is 4.98 Å². The van der Waals surface area contributed by atoms with Gasteiger partial charge >= 0.3 is 0 Å². The largest absolute Gasteiger partial charge is 0.497 e. The molecule has 0 aliphatic carbocycles. The van der Waals surface area contributed by atoms with E-state index in [2.05, 4.69) is 10.3 Å². The molecule has 2 amide bonds. The molecule has 6 nitrogen and oxygen atoms in total. The fraction of sp³-hybridized carbons (Fsp3) is 0.312. The number of aromatic nitrogens is 1. The normalized spacial score (nSPS) is 13.4. The van der Waals surface area contributed by atoms with E-state index in [0.29, 0.717) is 17.4 Å². The third-order valence-electron chi connectivity index (χ3n) is 3.66. The van der Waals surface area contributed by atoms with E-state index in [0.717, 1.165) is 29.8 Å². The van der Waals surface area contributed by atoms with Crippen LogP contribution in [0, 0.1) is 0 Å². The van der Waals surface area contributed by atoms with Crippen molar-refractivity contribution in [1.29, 1.82) is 0 Å². The summed E-state index contributed by atoms with van der Waals surface area (Å²) in [6.07, 6.45) is 1.82. The summed E-state index contributed by atoms with van der Waals surface area (Å²) < 4.78 is 5.25. The van der Waals surface area contributed by atoms with Crippen molar-refractivity contribution < 1.29 is 14.3 Å². The zero-order valence-electron chi connectivity index (χ0n) is 13.0. The number of fused-ring (bicyclic) bond motifs is 1. The van der Waals surface area contributed by atoms with Crippen molar-refractivity contribution >= 4 is 34.0 Å². The highest BCUT2D eigenvalue weighted by molar-refractivity contribution is 7.14. The number of hydrogen-bond donors (Lipinski definition) is 1. The van der Waals surface area contributed by atoms with Crippen molar-refractivity contribution in [2.24, 2.45) is 0 Å². The molecule has 2 heterocycles. The molecule has 0 atom stereocenters. The van der Waals surface area contributed by atoms with Crippen molar-refractivity contribution in [3.05, 3.63) is 34.8 Å². The summed E-state index contributed by atoms with van der Waals surface area (Å²) in [5, 5.41) is 4.71. The summed E-state index contributed by atoms with van der Waals surface area (Å²) in [6.45, 7) is 2.07. The Morgan fingerprint density at radius 1 is 1.39 bits per heavy atom. The summed E-state index contributed by atoms with van der Waals surface area (Å²) in [5.74, 6) is 0.442. The second-order valence-electron chi connectivity index (χ2n) is 5.27. The zero-order chi connectivity index (χ0) is 16.4. The fourth-order valence-corrected chi connectivity index (χ4v) is 3.36. The molecular formula is C16H17N3O3S. The minimum absolute atomic E-state index is 0.149. The molecule has 0 saturated carbocycles. The first-order valence-corrected chi connectivity index (χ1v) is 8.18. The fourth-order valence-electron chi connectivity index (χ4n) is 2.63. The molecule has 1 aromatic carbocycles. The van der Waals surface area contributed by atoms with E-state index in [9.17, 15) is 9.59 Å². The van der Waals surface area contributed by atoms with Crippen molar-refractivity contribution in [2.75, 3.05) is 23.9 Å². The number of benzene rings is 1. The van der Waals surface area contributed by atoms with Crippen LogP contribution in [0.2, 0.25) is 0 Å². The number of aryl methyl sites for hydroxylation is 1. The number of nitrogens with one attached hydrogen (secondary N) is 1. The first-order chi connectivity index (χ1) is 11.1. The summed E-state index contributed by atoms with van der Waals surface area (Å²) >= 11 is 1.25. The zero-order valence-corrected chi connectivity index (χ0v) is 13.8. The van der Waals surface area contributed by atoms with E-state index in [1.807, 2.05) is 18.2 Å². The molecule has 0 bridgehead atoms. The van der Waals surface area contributed by atoms with E-state index in [4.69, 9.17) is 4.74 Å². The van der Waals surface area contributed by atoms with Crippen LogP contribution in [-0.4, -0.2) is 30.5 Å². The van der Waals surface area contributed by atoms with Crippen LogP contribution in [0.4, 0.5) is 10.8 Å². The number of amides is 2. The predicted octanol–water partition coefficient (Wildman–Crippen LogP) is 2.70. The molecule has 0 radical (unpaired) electrons. The monoisotopic (exact) mass is 331 g/mol. The third-order valence-corrected chi connectivity index (χ3v) is 4.41. The first-order valence-electron chi connectivity index (χ1n) is 7.30. The Morgan fingerprint density at radius 3 is 2.96 bits per heavy atom. The average molecular weight is 331 g/mol. The smallest absolute Gasteiger partial charge is 0.277 e. The van der Waals surface area contributed by atoms with E-state index in [-0.39, 0.29) is 11.8 Å². The van der Waals surface area contributed by atoms with Gasteiger partial charge in [-0.3, -0.25) is 9.59 Å². The lowest BCUT2D eigenvalue weighted by molar-refractivity contribution is -0.114. The van der Waals surface area contributed by atoms with Gasteiger partial charge in [-0.25, -0.2) is 4.98 Å². The van der Waals surface area contributed by atoms with Crippen LogP contribution >= 0.6 is 11.3 Å². The molecular weight excluding hydrogens is 314 g/mol. The van der Waals surface area contributed by atoms with Gasteiger partial charge in [-0.2, -0.15) is 0 Å². The highest BCUT2D eigenvalue weighted by Crippen LogP contribution is 2.31. The molecule has 1 aromatic heterocycles. The number of ether oxygens (including phenoxy) is 1. The van der Waals surface area contributed by atoms with E-state index in [1.165, 1.54) is 18.3 Å². The SMILES string of the molecule is COc1ccc2c(c1)CCCN2C(=O)c1csc(NC(C)=O)n1. The van der Waals surface area contributed by atoms with Crippen LogP contribution in [0.3, 0.4) is 0 Å². The van der Waals surface area contributed by atoms with Crippen molar-refractivity contribution in [3.63, 3.8) is 0 Å². The molecule has 120 valence electrons. The summed E-state index contributed by atoms with van der Waals surface area (Å²) in [6, 6.07) is 5.74.